The van der Waals surface area contributed by atoms with Crippen LogP contribution in [0.2, 0.25) is 0 Å². The highest BCUT2D eigenvalue weighted by molar-refractivity contribution is 9.10. The molecule has 0 heterocycles. The normalized spacial score (nSPS) is 10.2. The molecule has 0 aliphatic carbocycles. The van der Waals surface area contributed by atoms with Gasteiger partial charge in [-0.05, 0) is 42.8 Å². The van der Waals surface area contributed by atoms with Crippen molar-refractivity contribution in [1.82, 2.24) is 0 Å². The summed E-state index contributed by atoms with van der Waals surface area (Å²) in [6.07, 6.45) is 0. The van der Waals surface area contributed by atoms with E-state index < -0.39 is 5.97 Å². The molecule has 0 bridgehead atoms. The van der Waals surface area contributed by atoms with Crippen molar-refractivity contribution in [3.8, 4) is 0 Å². The van der Waals surface area contributed by atoms with Crippen molar-refractivity contribution in [2.45, 2.75) is 6.92 Å². The summed E-state index contributed by atoms with van der Waals surface area (Å²) in [4.78, 5) is 11.4. The summed E-state index contributed by atoms with van der Waals surface area (Å²) in [5.74, 6) is -0.401. The van der Waals surface area contributed by atoms with Crippen molar-refractivity contribution >= 4 is 39.0 Å². The molecule has 0 saturated heterocycles. The first-order valence-corrected chi connectivity index (χ1v) is 6.81. The Labute approximate surface area is 126 Å². The number of rotatable bonds is 3. The number of halogens is 1. The Morgan fingerprint density at radius 1 is 1.20 bits per heavy atom. The molecular weight excluding hydrogens is 320 g/mol. The first kappa shape index (κ1) is 14.4. The number of carbonyl (C=O) groups excluding carboxylic acids is 1. The van der Waals surface area contributed by atoms with Crippen LogP contribution in [0.25, 0.3) is 0 Å². The zero-order chi connectivity index (χ0) is 14.7. The third kappa shape index (κ3) is 3.11. The van der Waals surface area contributed by atoms with Crippen LogP contribution >= 0.6 is 15.9 Å². The molecule has 0 spiro atoms. The van der Waals surface area contributed by atoms with Gasteiger partial charge < -0.3 is 15.8 Å². The lowest BCUT2D eigenvalue weighted by atomic mass is 10.1. The summed E-state index contributed by atoms with van der Waals surface area (Å²) in [6, 6.07) is 11.0. The molecule has 0 aliphatic heterocycles. The maximum absolute atomic E-state index is 11.4. The number of esters is 1. The number of carbonyl (C=O) groups is 1. The summed E-state index contributed by atoms with van der Waals surface area (Å²) < 4.78 is 5.64. The lowest BCUT2D eigenvalue weighted by molar-refractivity contribution is 0.0601. The molecule has 2 rings (SSSR count). The van der Waals surface area contributed by atoms with Crippen LogP contribution in [0.3, 0.4) is 0 Å². The Bertz CT molecular complexity index is 656. The molecule has 0 amide bonds. The van der Waals surface area contributed by atoms with E-state index in [-0.39, 0.29) is 0 Å². The molecule has 0 saturated carbocycles. The van der Waals surface area contributed by atoms with Gasteiger partial charge in [0.05, 0.1) is 24.0 Å². The Morgan fingerprint density at radius 2 is 1.95 bits per heavy atom. The molecule has 0 aliphatic rings. The lowest BCUT2D eigenvalue weighted by Crippen LogP contribution is -2.04. The van der Waals surface area contributed by atoms with Gasteiger partial charge in [-0.15, -0.1) is 0 Å². The number of nitrogens with one attached hydrogen (secondary N) is 1. The minimum atomic E-state index is -0.401. The monoisotopic (exact) mass is 334 g/mol. The van der Waals surface area contributed by atoms with Gasteiger partial charge in [0.2, 0.25) is 0 Å². The quantitative estimate of drug-likeness (QED) is 0.660. The lowest BCUT2D eigenvalue weighted by Gasteiger charge is -2.13. The van der Waals surface area contributed by atoms with E-state index in [9.17, 15) is 4.79 Å². The van der Waals surface area contributed by atoms with E-state index in [1.807, 2.05) is 25.1 Å². The SMILES string of the molecule is COC(=O)c1ccc(Nc2cc(Br)ccc2C)c(N)c1. The van der Waals surface area contributed by atoms with Crippen molar-refractivity contribution in [2.24, 2.45) is 0 Å². The van der Waals surface area contributed by atoms with Gasteiger partial charge in [-0.3, -0.25) is 0 Å². The molecule has 20 heavy (non-hydrogen) atoms. The van der Waals surface area contributed by atoms with Crippen molar-refractivity contribution in [3.63, 3.8) is 0 Å². The van der Waals surface area contributed by atoms with Gasteiger partial charge in [0.1, 0.15) is 0 Å². The maximum Gasteiger partial charge on any atom is 0.337 e. The van der Waals surface area contributed by atoms with E-state index in [1.54, 1.807) is 18.2 Å². The maximum atomic E-state index is 11.4. The average molecular weight is 335 g/mol. The molecule has 0 aromatic heterocycles. The summed E-state index contributed by atoms with van der Waals surface area (Å²) in [7, 11) is 1.34. The van der Waals surface area contributed by atoms with E-state index in [0.717, 1.165) is 21.4 Å². The summed E-state index contributed by atoms with van der Waals surface area (Å²) in [5, 5.41) is 3.26. The number of ether oxygens (including phenoxy) is 1. The number of hydrogen-bond acceptors (Lipinski definition) is 4. The van der Waals surface area contributed by atoms with Crippen LogP contribution < -0.4 is 11.1 Å². The van der Waals surface area contributed by atoms with E-state index >= 15 is 0 Å². The van der Waals surface area contributed by atoms with Gasteiger partial charge in [0.15, 0.2) is 0 Å². The van der Waals surface area contributed by atoms with Gasteiger partial charge in [-0.2, -0.15) is 0 Å². The third-order valence-corrected chi connectivity index (χ3v) is 3.43. The fourth-order valence-corrected chi connectivity index (χ4v) is 2.16. The largest absolute Gasteiger partial charge is 0.465 e. The second kappa shape index (κ2) is 5.96. The molecule has 0 atom stereocenters. The highest BCUT2D eigenvalue weighted by Gasteiger charge is 2.09. The second-order valence-corrected chi connectivity index (χ2v) is 5.29. The Kier molecular flexibility index (Phi) is 4.29. The summed E-state index contributed by atoms with van der Waals surface area (Å²) >= 11 is 3.44. The highest BCUT2D eigenvalue weighted by atomic mass is 79.9. The van der Waals surface area contributed by atoms with Crippen LogP contribution in [0.4, 0.5) is 17.1 Å². The fraction of sp³-hybridized carbons (Fsp3) is 0.133. The van der Waals surface area contributed by atoms with E-state index in [0.29, 0.717) is 11.3 Å². The summed E-state index contributed by atoms with van der Waals surface area (Å²) in [6.45, 7) is 2.01. The minimum absolute atomic E-state index is 0.401. The molecule has 5 heteroatoms. The summed E-state index contributed by atoms with van der Waals surface area (Å²) in [5.41, 5.74) is 9.70. The van der Waals surface area contributed by atoms with Gasteiger partial charge in [-0.25, -0.2) is 4.79 Å². The first-order valence-electron chi connectivity index (χ1n) is 6.02. The second-order valence-electron chi connectivity index (χ2n) is 4.38. The number of nitrogen functional groups attached to an aromatic ring is 1. The number of aryl methyl sites for hydroxylation is 1. The zero-order valence-electron chi connectivity index (χ0n) is 11.2. The van der Waals surface area contributed by atoms with Crippen LogP contribution in [0.15, 0.2) is 40.9 Å². The van der Waals surface area contributed by atoms with Crippen LogP contribution in [-0.2, 0) is 4.74 Å². The molecule has 0 fully saturated rings. The predicted molar refractivity (Wildman–Crippen MR) is 84.4 cm³/mol. The van der Waals surface area contributed by atoms with E-state index in [4.69, 9.17) is 5.73 Å². The zero-order valence-corrected chi connectivity index (χ0v) is 12.8. The van der Waals surface area contributed by atoms with Gasteiger partial charge in [-0.1, -0.05) is 22.0 Å². The molecule has 104 valence electrons. The van der Waals surface area contributed by atoms with Gasteiger partial charge in [0, 0.05) is 10.2 Å². The molecule has 2 aromatic rings. The van der Waals surface area contributed by atoms with Crippen molar-refractivity contribution in [1.29, 1.82) is 0 Å². The third-order valence-electron chi connectivity index (χ3n) is 2.94. The fourth-order valence-electron chi connectivity index (χ4n) is 1.80. The first-order chi connectivity index (χ1) is 9.51. The van der Waals surface area contributed by atoms with Crippen LogP contribution in [0.5, 0.6) is 0 Å². The number of anilines is 3. The Balaban J connectivity index is 2.30. The van der Waals surface area contributed by atoms with Crippen molar-refractivity contribution < 1.29 is 9.53 Å². The van der Waals surface area contributed by atoms with Gasteiger partial charge in [0.25, 0.3) is 0 Å². The van der Waals surface area contributed by atoms with E-state index in [1.165, 1.54) is 7.11 Å². The topological polar surface area (TPSA) is 64.3 Å². The van der Waals surface area contributed by atoms with Crippen LogP contribution in [0, 0.1) is 6.92 Å². The molecular formula is C15H15BrN2O2. The minimum Gasteiger partial charge on any atom is -0.465 e. The molecule has 2 aromatic carbocycles. The smallest absolute Gasteiger partial charge is 0.337 e. The van der Waals surface area contributed by atoms with Crippen LogP contribution in [0.1, 0.15) is 15.9 Å². The van der Waals surface area contributed by atoms with Gasteiger partial charge >= 0.3 is 5.97 Å². The number of benzene rings is 2. The number of nitrogens with two attached hydrogens (primary N) is 1. The van der Waals surface area contributed by atoms with Crippen molar-refractivity contribution in [2.75, 3.05) is 18.2 Å². The average Bonchev–Trinajstić information content (AvgIpc) is 2.44. The van der Waals surface area contributed by atoms with Crippen molar-refractivity contribution in [3.05, 3.63) is 52.0 Å². The Morgan fingerprint density at radius 3 is 2.60 bits per heavy atom. The number of hydrogen-bond donors (Lipinski definition) is 2. The molecule has 0 unspecified atom stereocenters. The molecule has 4 nitrogen and oxygen atoms in total. The standard InChI is InChI=1S/C15H15BrN2O2/c1-9-3-5-11(16)8-14(9)18-13-6-4-10(7-12(13)17)15(19)20-2/h3-8,18H,17H2,1-2H3. The Hall–Kier alpha value is -2.01. The molecule has 0 radical (unpaired) electrons. The molecule has 3 N–H and O–H groups in total. The highest BCUT2D eigenvalue weighted by Crippen LogP contribution is 2.28. The van der Waals surface area contributed by atoms with E-state index in [2.05, 4.69) is 26.0 Å². The van der Waals surface area contributed by atoms with Crippen LogP contribution in [-0.4, -0.2) is 13.1 Å². The predicted octanol–water partition coefficient (Wildman–Crippen LogP) is 3.87. The number of methoxy groups -OCH3 is 1.